The van der Waals surface area contributed by atoms with E-state index in [1.54, 1.807) is 19.2 Å². The topological polar surface area (TPSA) is 80.0 Å². The molecule has 31 heavy (non-hydrogen) atoms. The number of nitrogens with zero attached hydrogens (tertiary/aromatic N) is 2. The van der Waals surface area contributed by atoms with Crippen LogP contribution >= 0.6 is 24.0 Å². The minimum absolute atomic E-state index is 0. The van der Waals surface area contributed by atoms with Crippen LogP contribution in [-0.4, -0.2) is 43.4 Å². The van der Waals surface area contributed by atoms with Crippen molar-refractivity contribution < 1.29 is 13.9 Å². The van der Waals surface area contributed by atoms with E-state index in [1.165, 1.54) is 17.7 Å². The molecule has 1 fully saturated rings. The van der Waals surface area contributed by atoms with Crippen molar-refractivity contribution in [1.82, 2.24) is 10.2 Å². The molecule has 1 unspecified atom stereocenters. The van der Waals surface area contributed by atoms with E-state index in [0.717, 1.165) is 44.9 Å². The largest absolute Gasteiger partial charge is 0.457 e. The second kappa shape index (κ2) is 12.5. The lowest BCUT2D eigenvalue weighted by molar-refractivity contribution is -0.119. The molecule has 1 aliphatic rings. The van der Waals surface area contributed by atoms with Crippen LogP contribution in [0.5, 0.6) is 11.5 Å². The number of amides is 1. The Morgan fingerprint density at radius 1 is 1.19 bits per heavy atom. The Hall–Kier alpha value is -2.36. The molecule has 2 aromatic carbocycles. The SMILES string of the molecule is CN=C(NCCc1ccc(Oc2ccc(F)cc2)cc1)N1CCCC(CC(N)=O)C1.I. The number of ether oxygens (including phenoxy) is 1. The van der Waals surface area contributed by atoms with Gasteiger partial charge >= 0.3 is 0 Å². The van der Waals surface area contributed by atoms with Gasteiger partial charge in [0.15, 0.2) is 5.96 Å². The molecule has 1 heterocycles. The molecule has 3 rings (SSSR count). The number of rotatable bonds is 7. The number of hydrogen-bond donors (Lipinski definition) is 2. The van der Waals surface area contributed by atoms with E-state index in [0.29, 0.717) is 23.8 Å². The molecule has 0 aromatic heterocycles. The van der Waals surface area contributed by atoms with Crippen LogP contribution in [0, 0.1) is 11.7 Å². The molecular weight excluding hydrogens is 510 g/mol. The Bertz CT molecular complexity index is 859. The van der Waals surface area contributed by atoms with Crippen LogP contribution in [0.25, 0.3) is 0 Å². The lowest BCUT2D eigenvalue weighted by Gasteiger charge is -2.34. The van der Waals surface area contributed by atoms with Crippen LogP contribution in [-0.2, 0) is 11.2 Å². The first kappa shape index (κ1) is 24.9. The van der Waals surface area contributed by atoms with E-state index in [1.807, 2.05) is 24.3 Å². The normalized spacial score (nSPS) is 16.4. The zero-order valence-electron chi connectivity index (χ0n) is 17.7. The van der Waals surface area contributed by atoms with Gasteiger partial charge in [-0.2, -0.15) is 0 Å². The number of carbonyl (C=O) groups excluding carboxylic acids is 1. The number of primary amides is 1. The van der Waals surface area contributed by atoms with Gasteiger partial charge in [-0.25, -0.2) is 4.39 Å². The van der Waals surface area contributed by atoms with E-state index in [9.17, 15) is 9.18 Å². The average molecular weight is 540 g/mol. The maximum atomic E-state index is 13.0. The lowest BCUT2D eigenvalue weighted by atomic mass is 9.95. The number of nitrogens with one attached hydrogen (secondary N) is 1. The highest BCUT2D eigenvalue weighted by Crippen LogP contribution is 2.22. The highest BCUT2D eigenvalue weighted by molar-refractivity contribution is 14.0. The van der Waals surface area contributed by atoms with Gasteiger partial charge in [0.1, 0.15) is 17.3 Å². The number of benzene rings is 2. The Morgan fingerprint density at radius 2 is 1.84 bits per heavy atom. The minimum Gasteiger partial charge on any atom is -0.457 e. The summed E-state index contributed by atoms with van der Waals surface area (Å²) in [5, 5.41) is 3.41. The summed E-state index contributed by atoms with van der Waals surface area (Å²) in [6, 6.07) is 13.8. The fraction of sp³-hybridized carbons (Fsp3) is 0.391. The number of likely N-dealkylation sites (tertiary alicyclic amines) is 1. The minimum atomic E-state index is -0.284. The van der Waals surface area contributed by atoms with Gasteiger partial charge in [0.25, 0.3) is 0 Å². The zero-order valence-corrected chi connectivity index (χ0v) is 20.1. The van der Waals surface area contributed by atoms with Crippen LogP contribution < -0.4 is 15.8 Å². The summed E-state index contributed by atoms with van der Waals surface area (Å²) in [6.45, 7) is 2.49. The van der Waals surface area contributed by atoms with Gasteiger partial charge in [0.2, 0.25) is 5.91 Å². The fourth-order valence-corrected chi connectivity index (χ4v) is 3.72. The molecule has 0 spiro atoms. The molecule has 1 aliphatic heterocycles. The van der Waals surface area contributed by atoms with Crippen molar-refractivity contribution >= 4 is 35.8 Å². The van der Waals surface area contributed by atoms with E-state index < -0.39 is 0 Å². The lowest BCUT2D eigenvalue weighted by Crippen LogP contribution is -2.47. The predicted octanol–water partition coefficient (Wildman–Crippen LogP) is 3.94. The summed E-state index contributed by atoms with van der Waals surface area (Å²) >= 11 is 0. The van der Waals surface area contributed by atoms with Gasteiger partial charge in [0.05, 0.1) is 0 Å². The Labute approximate surface area is 200 Å². The summed E-state index contributed by atoms with van der Waals surface area (Å²) in [5.41, 5.74) is 6.53. The molecule has 0 saturated carbocycles. The molecular formula is C23H30FIN4O2. The molecule has 0 bridgehead atoms. The number of guanidine groups is 1. The third-order valence-corrected chi connectivity index (χ3v) is 5.19. The summed E-state index contributed by atoms with van der Waals surface area (Å²) in [4.78, 5) is 17.8. The van der Waals surface area contributed by atoms with E-state index in [2.05, 4.69) is 15.2 Å². The molecule has 1 atom stereocenters. The fourth-order valence-electron chi connectivity index (χ4n) is 3.72. The molecule has 0 radical (unpaired) electrons. The van der Waals surface area contributed by atoms with Gasteiger partial charge in [-0.1, -0.05) is 12.1 Å². The number of halogens is 2. The summed E-state index contributed by atoms with van der Waals surface area (Å²) in [5.74, 6) is 1.95. The first-order chi connectivity index (χ1) is 14.5. The smallest absolute Gasteiger partial charge is 0.217 e. The van der Waals surface area contributed by atoms with Crippen LogP contribution in [0.2, 0.25) is 0 Å². The van der Waals surface area contributed by atoms with Crippen molar-refractivity contribution in [3.05, 3.63) is 59.9 Å². The highest BCUT2D eigenvalue weighted by Gasteiger charge is 2.23. The molecule has 2 aromatic rings. The zero-order chi connectivity index (χ0) is 21.3. The van der Waals surface area contributed by atoms with Crippen molar-refractivity contribution in [2.75, 3.05) is 26.7 Å². The number of aliphatic imine (C=N–C) groups is 1. The number of nitrogens with two attached hydrogens (primary N) is 1. The maximum Gasteiger partial charge on any atom is 0.217 e. The van der Waals surface area contributed by atoms with E-state index in [-0.39, 0.29) is 35.7 Å². The van der Waals surface area contributed by atoms with Crippen LogP contribution in [0.4, 0.5) is 4.39 Å². The van der Waals surface area contributed by atoms with Crippen LogP contribution in [0.1, 0.15) is 24.8 Å². The Morgan fingerprint density at radius 3 is 2.45 bits per heavy atom. The van der Waals surface area contributed by atoms with Gasteiger partial charge in [-0.3, -0.25) is 9.79 Å². The van der Waals surface area contributed by atoms with Crippen LogP contribution in [0.15, 0.2) is 53.5 Å². The second-order valence-electron chi connectivity index (χ2n) is 7.55. The summed E-state index contributed by atoms with van der Waals surface area (Å²) in [7, 11) is 1.78. The standard InChI is InChI=1S/C23H29FN4O2.HI/c1-26-23(28-14-2-3-18(16-28)15-22(25)29)27-13-12-17-4-8-20(9-5-17)30-21-10-6-19(24)7-11-21;/h4-11,18H,2-3,12-16H2,1H3,(H2,25,29)(H,26,27);1H. The maximum absolute atomic E-state index is 13.0. The van der Waals surface area contributed by atoms with Gasteiger partial charge in [-0.05, 0) is 67.1 Å². The van der Waals surface area contributed by atoms with Crippen LogP contribution in [0.3, 0.4) is 0 Å². The van der Waals surface area contributed by atoms with Gasteiger partial charge < -0.3 is 20.7 Å². The quantitative estimate of drug-likeness (QED) is 0.317. The Balaban J connectivity index is 0.00000341. The molecule has 6 nitrogen and oxygen atoms in total. The molecule has 3 N–H and O–H groups in total. The van der Waals surface area contributed by atoms with Crippen molar-refractivity contribution in [3.63, 3.8) is 0 Å². The molecule has 0 aliphatic carbocycles. The summed E-state index contributed by atoms with van der Waals surface area (Å²) in [6.07, 6.45) is 3.34. The monoisotopic (exact) mass is 540 g/mol. The third kappa shape index (κ3) is 8.01. The molecule has 1 saturated heterocycles. The van der Waals surface area contributed by atoms with Crippen molar-refractivity contribution in [3.8, 4) is 11.5 Å². The summed E-state index contributed by atoms with van der Waals surface area (Å²) < 4.78 is 18.7. The predicted molar refractivity (Wildman–Crippen MR) is 132 cm³/mol. The molecule has 1 amide bonds. The first-order valence-corrected chi connectivity index (χ1v) is 10.3. The highest BCUT2D eigenvalue weighted by atomic mass is 127. The van der Waals surface area contributed by atoms with Gasteiger partial charge in [-0.15, -0.1) is 24.0 Å². The number of carbonyl (C=O) groups is 1. The van der Waals surface area contributed by atoms with E-state index >= 15 is 0 Å². The van der Waals surface area contributed by atoms with E-state index in [4.69, 9.17) is 10.5 Å². The second-order valence-corrected chi connectivity index (χ2v) is 7.55. The number of hydrogen-bond acceptors (Lipinski definition) is 3. The van der Waals surface area contributed by atoms with Gasteiger partial charge in [0, 0.05) is 33.1 Å². The first-order valence-electron chi connectivity index (χ1n) is 10.3. The van der Waals surface area contributed by atoms with Crippen molar-refractivity contribution in [1.29, 1.82) is 0 Å². The average Bonchev–Trinajstić information content (AvgIpc) is 2.74. The molecule has 8 heteroatoms. The molecule has 168 valence electrons. The number of piperidine rings is 1. The van der Waals surface area contributed by atoms with Crippen molar-refractivity contribution in [2.24, 2.45) is 16.6 Å². The Kier molecular flexibility index (Phi) is 10.0. The van der Waals surface area contributed by atoms with Crippen molar-refractivity contribution in [2.45, 2.75) is 25.7 Å². The third-order valence-electron chi connectivity index (χ3n) is 5.19.